The average Bonchev–Trinajstić information content (AvgIpc) is 2.77. The van der Waals surface area contributed by atoms with Crippen LogP contribution in [-0.4, -0.2) is 50.8 Å². The number of anilines is 1. The van der Waals surface area contributed by atoms with Crippen molar-refractivity contribution >= 4 is 5.69 Å². The number of nitrogens with zero attached hydrogens (tertiary/aromatic N) is 2. The van der Waals surface area contributed by atoms with E-state index in [4.69, 9.17) is 10.5 Å². The third-order valence-corrected chi connectivity index (χ3v) is 4.99. The van der Waals surface area contributed by atoms with Crippen LogP contribution in [0.5, 0.6) is 5.75 Å². The molecular formula is C17H29N3O. The highest BCUT2D eigenvalue weighted by Crippen LogP contribution is 2.32. The number of methoxy groups -OCH3 is 1. The van der Waals surface area contributed by atoms with Crippen molar-refractivity contribution in [2.24, 2.45) is 5.73 Å². The van der Waals surface area contributed by atoms with Crippen LogP contribution in [0.4, 0.5) is 5.69 Å². The zero-order chi connectivity index (χ0) is 15.3. The Bertz CT molecular complexity index is 451. The van der Waals surface area contributed by atoms with Gasteiger partial charge in [-0.05, 0) is 44.5 Å². The summed E-state index contributed by atoms with van der Waals surface area (Å²) in [4.78, 5) is 4.89. The first-order chi connectivity index (χ1) is 10.1. The van der Waals surface area contributed by atoms with E-state index in [1.165, 1.54) is 18.7 Å². The van der Waals surface area contributed by atoms with Gasteiger partial charge in [-0.15, -0.1) is 0 Å². The molecule has 1 aromatic rings. The lowest BCUT2D eigenvalue weighted by Gasteiger charge is -2.42. The third kappa shape index (κ3) is 3.50. The largest absolute Gasteiger partial charge is 0.497 e. The standard InChI is InChI=1S/C17H29N3O/c1-4-20-11-6-9-17(14-18,10-12-20)19(2)15-7-5-8-16(13-15)21-3/h5,7-8,13H,4,6,9-12,14,18H2,1-3H3. The maximum atomic E-state index is 6.21. The summed E-state index contributed by atoms with van der Waals surface area (Å²) in [6, 6.07) is 8.27. The van der Waals surface area contributed by atoms with Gasteiger partial charge in [-0.3, -0.25) is 0 Å². The molecule has 1 aliphatic rings. The predicted octanol–water partition coefficient (Wildman–Crippen LogP) is 2.33. The number of rotatable bonds is 5. The molecule has 1 aromatic carbocycles. The van der Waals surface area contributed by atoms with Crippen molar-refractivity contribution in [2.75, 3.05) is 45.2 Å². The van der Waals surface area contributed by atoms with Gasteiger partial charge in [0, 0.05) is 31.9 Å². The fraction of sp³-hybridized carbons (Fsp3) is 0.647. The van der Waals surface area contributed by atoms with E-state index in [1.54, 1.807) is 7.11 Å². The molecule has 118 valence electrons. The number of hydrogen-bond acceptors (Lipinski definition) is 4. The topological polar surface area (TPSA) is 41.7 Å². The Kier molecular flexibility index (Phi) is 5.48. The first-order valence-electron chi connectivity index (χ1n) is 7.95. The summed E-state index contributed by atoms with van der Waals surface area (Å²) >= 11 is 0. The fourth-order valence-electron chi connectivity index (χ4n) is 3.32. The summed E-state index contributed by atoms with van der Waals surface area (Å²) in [5.74, 6) is 0.898. The molecule has 0 spiro atoms. The second kappa shape index (κ2) is 7.14. The van der Waals surface area contributed by atoms with E-state index in [2.05, 4.69) is 35.9 Å². The maximum absolute atomic E-state index is 6.21. The van der Waals surface area contributed by atoms with Crippen molar-refractivity contribution in [1.82, 2.24) is 4.90 Å². The molecule has 1 atom stereocenters. The lowest BCUT2D eigenvalue weighted by molar-refractivity contribution is 0.287. The van der Waals surface area contributed by atoms with E-state index in [9.17, 15) is 0 Å². The average molecular weight is 291 g/mol. The number of ether oxygens (including phenoxy) is 1. The molecule has 0 bridgehead atoms. The molecule has 1 heterocycles. The van der Waals surface area contributed by atoms with Crippen molar-refractivity contribution in [2.45, 2.75) is 31.7 Å². The Morgan fingerprint density at radius 3 is 2.81 bits per heavy atom. The quantitative estimate of drug-likeness (QED) is 0.904. The van der Waals surface area contributed by atoms with Crippen LogP contribution in [0.2, 0.25) is 0 Å². The minimum Gasteiger partial charge on any atom is -0.497 e. The number of benzene rings is 1. The summed E-state index contributed by atoms with van der Waals surface area (Å²) in [6.07, 6.45) is 3.47. The lowest BCUT2D eigenvalue weighted by Crippen LogP contribution is -2.53. The Morgan fingerprint density at radius 1 is 1.33 bits per heavy atom. The molecule has 1 fully saturated rings. The smallest absolute Gasteiger partial charge is 0.120 e. The Morgan fingerprint density at radius 2 is 2.14 bits per heavy atom. The van der Waals surface area contributed by atoms with E-state index in [0.29, 0.717) is 6.54 Å². The molecule has 21 heavy (non-hydrogen) atoms. The Balaban J connectivity index is 2.22. The molecule has 0 radical (unpaired) electrons. The van der Waals surface area contributed by atoms with Gasteiger partial charge >= 0.3 is 0 Å². The van der Waals surface area contributed by atoms with Crippen molar-refractivity contribution in [3.05, 3.63) is 24.3 Å². The first kappa shape index (κ1) is 16.1. The second-order valence-corrected chi connectivity index (χ2v) is 5.98. The van der Waals surface area contributed by atoms with Gasteiger partial charge in [-0.25, -0.2) is 0 Å². The van der Waals surface area contributed by atoms with Crippen molar-refractivity contribution < 1.29 is 4.74 Å². The molecule has 0 aromatic heterocycles. The number of likely N-dealkylation sites (N-methyl/N-ethyl adjacent to an activating group) is 1. The van der Waals surface area contributed by atoms with Crippen LogP contribution >= 0.6 is 0 Å². The number of hydrogen-bond donors (Lipinski definition) is 1. The van der Waals surface area contributed by atoms with E-state index < -0.39 is 0 Å². The zero-order valence-electron chi connectivity index (χ0n) is 13.6. The van der Waals surface area contributed by atoms with Crippen LogP contribution in [0.25, 0.3) is 0 Å². The normalized spacial score (nSPS) is 23.6. The van der Waals surface area contributed by atoms with Crippen LogP contribution < -0.4 is 15.4 Å². The molecule has 0 saturated carbocycles. The molecule has 4 nitrogen and oxygen atoms in total. The third-order valence-electron chi connectivity index (χ3n) is 4.99. The number of nitrogens with two attached hydrogens (primary N) is 1. The summed E-state index contributed by atoms with van der Waals surface area (Å²) < 4.78 is 5.35. The van der Waals surface area contributed by atoms with Crippen LogP contribution in [0.1, 0.15) is 26.2 Å². The summed E-state index contributed by atoms with van der Waals surface area (Å²) in [7, 11) is 3.88. The highest BCUT2D eigenvalue weighted by atomic mass is 16.5. The molecule has 1 unspecified atom stereocenters. The highest BCUT2D eigenvalue weighted by Gasteiger charge is 2.35. The van der Waals surface area contributed by atoms with E-state index in [0.717, 1.165) is 31.7 Å². The molecular weight excluding hydrogens is 262 g/mol. The summed E-state index contributed by atoms with van der Waals surface area (Å²) in [5, 5.41) is 0. The van der Waals surface area contributed by atoms with Gasteiger partial charge in [0.25, 0.3) is 0 Å². The lowest BCUT2D eigenvalue weighted by atomic mass is 9.88. The molecule has 0 amide bonds. The fourth-order valence-corrected chi connectivity index (χ4v) is 3.32. The summed E-state index contributed by atoms with van der Waals surface area (Å²) in [6.45, 7) is 6.37. The van der Waals surface area contributed by atoms with Gasteiger partial charge in [0.15, 0.2) is 0 Å². The minimum absolute atomic E-state index is 0.0519. The molecule has 4 heteroatoms. The van der Waals surface area contributed by atoms with Crippen LogP contribution in [-0.2, 0) is 0 Å². The monoisotopic (exact) mass is 291 g/mol. The first-order valence-corrected chi connectivity index (χ1v) is 7.95. The molecule has 2 rings (SSSR count). The molecule has 0 aliphatic carbocycles. The van der Waals surface area contributed by atoms with Gasteiger partial charge in [-0.2, -0.15) is 0 Å². The number of likely N-dealkylation sites (tertiary alicyclic amines) is 1. The van der Waals surface area contributed by atoms with Crippen LogP contribution in [0.3, 0.4) is 0 Å². The van der Waals surface area contributed by atoms with E-state index >= 15 is 0 Å². The van der Waals surface area contributed by atoms with E-state index in [-0.39, 0.29) is 5.54 Å². The maximum Gasteiger partial charge on any atom is 0.120 e. The van der Waals surface area contributed by atoms with Crippen molar-refractivity contribution in [3.8, 4) is 5.75 Å². The predicted molar refractivity (Wildman–Crippen MR) is 89.1 cm³/mol. The zero-order valence-corrected chi connectivity index (χ0v) is 13.6. The van der Waals surface area contributed by atoms with Gasteiger partial charge in [0.2, 0.25) is 0 Å². The molecule has 2 N–H and O–H groups in total. The second-order valence-electron chi connectivity index (χ2n) is 5.98. The molecule has 1 saturated heterocycles. The minimum atomic E-state index is 0.0519. The highest BCUT2D eigenvalue weighted by molar-refractivity contribution is 5.52. The Labute approximate surface area is 128 Å². The van der Waals surface area contributed by atoms with Gasteiger partial charge in [0.05, 0.1) is 12.6 Å². The van der Waals surface area contributed by atoms with Gasteiger partial charge in [-0.1, -0.05) is 13.0 Å². The molecule has 1 aliphatic heterocycles. The summed E-state index contributed by atoms with van der Waals surface area (Å²) in [5.41, 5.74) is 7.45. The van der Waals surface area contributed by atoms with Crippen molar-refractivity contribution in [1.29, 1.82) is 0 Å². The van der Waals surface area contributed by atoms with Crippen molar-refractivity contribution in [3.63, 3.8) is 0 Å². The van der Waals surface area contributed by atoms with Crippen LogP contribution in [0, 0.1) is 0 Å². The van der Waals surface area contributed by atoms with Gasteiger partial charge < -0.3 is 20.3 Å². The van der Waals surface area contributed by atoms with Gasteiger partial charge in [0.1, 0.15) is 5.75 Å². The SMILES string of the molecule is CCN1CCCC(CN)(N(C)c2cccc(OC)c2)CC1. The Hall–Kier alpha value is -1.26. The van der Waals surface area contributed by atoms with Crippen LogP contribution in [0.15, 0.2) is 24.3 Å². The van der Waals surface area contributed by atoms with E-state index in [1.807, 2.05) is 12.1 Å².